The van der Waals surface area contributed by atoms with Crippen LogP contribution in [-0.4, -0.2) is 33.3 Å². The van der Waals surface area contributed by atoms with Gasteiger partial charge >= 0.3 is 5.97 Å². The van der Waals surface area contributed by atoms with Crippen LogP contribution in [0.4, 0.5) is 5.82 Å². The first-order valence-corrected chi connectivity index (χ1v) is 5.76. The molecule has 0 atom stereocenters. The zero-order valence-corrected chi connectivity index (χ0v) is 10.7. The molecular weight excluding hydrogens is 244 g/mol. The fourth-order valence-corrected chi connectivity index (χ4v) is 1.78. The number of rotatable bonds is 4. The zero-order valence-electron chi connectivity index (χ0n) is 10.7. The Morgan fingerprint density at radius 2 is 2.16 bits per heavy atom. The van der Waals surface area contributed by atoms with Crippen LogP contribution in [0.5, 0.6) is 0 Å². The van der Waals surface area contributed by atoms with Crippen molar-refractivity contribution in [3.8, 4) is 0 Å². The van der Waals surface area contributed by atoms with E-state index in [1.165, 1.54) is 12.3 Å². The molecule has 2 heterocycles. The number of hydrogen-bond acceptors (Lipinski definition) is 5. The number of carboxylic acid groups (broad SMARTS) is 1. The van der Waals surface area contributed by atoms with E-state index in [2.05, 4.69) is 15.2 Å². The Morgan fingerprint density at radius 3 is 2.84 bits per heavy atom. The van der Waals surface area contributed by atoms with Gasteiger partial charge in [0.2, 0.25) is 0 Å². The maximum absolute atomic E-state index is 11.1. The molecule has 0 saturated heterocycles. The Bertz CT molecular complexity index is 601. The number of aromatic nitrogens is 3. The van der Waals surface area contributed by atoms with E-state index in [9.17, 15) is 4.79 Å². The molecule has 0 spiro atoms. The summed E-state index contributed by atoms with van der Waals surface area (Å²) in [7, 11) is 1.76. The van der Waals surface area contributed by atoms with E-state index in [1.807, 2.05) is 25.1 Å². The molecule has 0 fully saturated rings. The van der Waals surface area contributed by atoms with Gasteiger partial charge in [-0.15, -0.1) is 5.10 Å². The normalized spacial score (nSPS) is 10.2. The van der Waals surface area contributed by atoms with Crippen molar-refractivity contribution in [1.29, 1.82) is 0 Å². The molecule has 0 aliphatic heterocycles. The average molecular weight is 258 g/mol. The Kier molecular flexibility index (Phi) is 3.70. The summed E-state index contributed by atoms with van der Waals surface area (Å²) in [6.45, 7) is 2.38. The predicted molar refractivity (Wildman–Crippen MR) is 70.1 cm³/mol. The Morgan fingerprint density at radius 1 is 1.37 bits per heavy atom. The SMILES string of the molecule is Cc1cccc(CN(C)c2nnccc2C(=O)O)n1. The van der Waals surface area contributed by atoms with Crippen molar-refractivity contribution < 1.29 is 9.90 Å². The van der Waals surface area contributed by atoms with Crippen LogP contribution in [0.3, 0.4) is 0 Å². The lowest BCUT2D eigenvalue weighted by molar-refractivity contribution is 0.0697. The van der Waals surface area contributed by atoms with E-state index >= 15 is 0 Å². The van der Waals surface area contributed by atoms with Crippen molar-refractivity contribution in [2.45, 2.75) is 13.5 Å². The van der Waals surface area contributed by atoms with Crippen LogP contribution in [0, 0.1) is 6.92 Å². The van der Waals surface area contributed by atoms with Crippen LogP contribution < -0.4 is 4.90 Å². The summed E-state index contributed by atoms with van der Waals surface area (Å²) in [5.74, 6) is -0.688. The van der Waals surface area contributed by atoms with Gasteiger partial charge in [0, 0.05) is 12.7 Å². The molecule has 2 rings (SSSR count). The molecule has 2 aromatic heterocycles. The molecule has 2 aromatic rings. The second-order valence-corrected chi connectivity index (χ2v) is 4.20. The number of hydrogen-bond donors (Lipinski definition) is 1. The highest BCUT2D eigenvalue weighted by molar-refractivity contribution is 5.92. The summed E-state index contributed by atoms with van der Waals surface area (Å²) in [6, 6.07) is 7.15. The van der Waals surface area contributed by atoms with Crippen LogP contribution in [0.1, 0.15) is 21.7 Å². The van der Waals surface area contributed by atoms with Crippen molar-refractivity contribution in [2.75, 3.05) is 11.9 Å². The number of carbonyl (C=O) groups is 1. The second kappa shape index (κ2) is 5.43. The van der Waals surface area contributed by atoms with Gasteiger partial charge in [0.25, 0.3) is 0 Å². The summed E-state index contributed by atoms with van der Waals surface area (Å²) >= 11 is 0. The number of carboxylic acids is 1. The minimum Gasteiger partial charge on any atom is -0.478 e. The van der Waals surface area contributed by atoms with Crippen LogP contribution in [0.15, 0.2) is 30.5 Å². The molecule has 0 aromatic carbocycles. The Labute approximate surface area is 110 Å². The molecule has 0 saturated carbocycles. The Balaban J connectivity index is 2.25. The highest BCUT2D eigenvalue weighted by atomic mass is 16.4. The van der Waals surface area contributed by atoms with E-state index in [0.29, 0.717) is 12.4 Å². The van der Waals surface area contributed by atoms with Crippen molar-refractivity contribution >= 4 is 11.8 Å². The van der Waals surface area contributed by atoms with E-state index < -0.39 is 5.97 Å². The lowest BCUT2D eigenvalue weighted by atomic mass is 10.2. The molecule has 98 valence electrons. The van der Waals surface area contributed by atoms with Crippen molar-refractivity contribution in [3.05, 3.63) is 47.4 Å². The largest absolute Gasteiger partial charge is 0.478 e. The molecule has 6 heteroatoms. The molecule has 1 N–H and O–H groups in total. The lowest BCUT2D eigenvalue weighted by Crippen LogP contribution is -2.22. The summed E-state index contributed by atoms with van der Waals surface area (Å²) in [6.07, 6.45) is 1.37. The van der Waals surface area contributed by atoms with Crippen molar-refractivity contribution in [3.63, 3.8) is 0 Å². The van der Waals surface area contributed by atoms with Crippen molar-refractivity contribution in [1.82, 2.24) is 15.2 Å². The highest BCUT2D eigenvalue weighted by Gasteiger charge is 2.15. The first kappa shape index (κ1) is 12.9. The van der Waals surface area contributed by atoms with Gasteiger partial charge in [-0.1, -0.05) is 6.07 Å². The smallest absolute Gasteiger partial charge is 0.339 e. The van der Waals surface area contributed by atoms with Gasteiger partial charge in [0.05, 0.1) is 18.4 Å². The molecule has 0 bridgehead atoms. The fourth-order valence-electron chi connectivity index (χ4n) is 1.78. The summed E-state index contributed by atoms with van der Waals surface area (Å²) in [5.41, 5.74) is 1.90. The predicted octanol–water partition coefficient (Wildman–Crippen LogP) is 1.51. The zero-order chi connectivity index (χ0) is 13.8. The van der Waals surface area contributed by atoms with Gasteiger partial charge in [0.15, 0.2) is 5.82 Å². The van der Waals surface area contributed by atoms with E-state index in [4.69, 9.17) is 5.11 Å². The van der Waals surface area contributed by atoms with Crippen LogP contribution in [0.2, 0.25) is 0 Å². The molecule has 0 unspecified atom stereocenters. The van der Waals surface area contributed by atoms with Gasteiger partial charge in [-0.05, 0) is 25.1 Å². The average Bonchev–Trinajstić information content (AvgIpc) is 2.38. The number of aromatic carboxylic acids is 1. The molecule has 19 heavy (non-hydrogen) atoms. The van der Waals surface area contributed by atoms with E-state index in [1.54, 1.807) is 11.9 Å². The quantitative estimate of drug-likeness (QED) is 0.895. The standard InChI is InChI=1S/C13H14N4O2/c1-9-4-3-5-10(15-9)8-17(2)12-11(13(18)19)6-7-14-16-12/h3-7H,8H2,1-2H3,(H,18,19). The van der Waals surface area contributed by atoms with Gasteiger partial charge < -0.3 is 10.0 Å². The van der Waals surface area contributed by atoms with Crippen LogP contribution in [-0.2, 0) is 6.54 Å². The minimum atomic E-state index is -1.02. The van der Waals surface area contributed by atoms with Gasteiger partial charge in [-0.2, -0.15) is 5.10 Å². The molecular formula is C13H14N4O2. The molecule has 0 radical (unpaired) electrons. The number of anilines is 1. The van der Waals surface area contributed by atoms with Crippen molar-refractivity contribution in [2.24, 2.45) is 0 Å². The van der Waals surface area contributed by atoms with E-state index in [-0.39, 0.29) is 5.56 Å². The lowest BCUT2D eigenvalue weighted by Gasteiger charge is -2.18. The monoisotopic (exact) mass is 258 g/mol. The van der Waals surface area contributed by atoms with Crippen LogP contribution >= 0.6 is 0 Å². The third kappa shape index (κ3) is 3.04. The topological polar surface area (TPSA) is 79.2 Å². The van der Waals surface area contributed by atoms with E-state index in [0.717, 1.165) is 11.4 Å². The number of aryl methyl sites for hydroxylation is 1. The third-order valence-electron chi connectivity index (χ3n) is 2.64. The maximum Gasteiger partial charge on any atom is 0.339 e. The summed E-state index contributed by atoms with van der Waals surface area (Å²) in [5, 5.41) is 16.7. The molecule has 0 aliphatic carbocycles. The minimum absolute atomic E-state index is 0.130. The molecule has 0 aliphatic rings. The van der Waals surface area contributed by atoms with Gasteiger partial charge in [-0.3, -0.25) is 4.98 Å². The third-order valence-corrected chi connectivity index (χ3v) is 2.64. The van der Waals surface area contributed by atoms with Crippen LogP contribution in [0.25, 0.3) is 0 Å². The number of pyridine rings is 1. The van der Waals surface area contributed by atoms with Gasteiger partial charge in [-0.25, -0.2) is 4.79 Å². The summed E-state index contributed by atoms with van der Waals surface area (Å²) < 4.78 is 0. The summed E-state index contributed by atoms with van der Waals surface area (Å²) in [4.78, 5) is 17.2. The second-order valence-electron chi connectivity index (χ2n) is 4.20. The first-order chi connectivity index (χ1) is 9.08. The van der Waals surface area contributed by atoms with Gasteiger partial charge in [0.1, 0.15) is 5.56 Å². The Hall–Kier alpha value is -2.50. The molecule has 0 amide bonds. The maximum atomic E-state index is 11.1. The molecule has 6 nitrogen and oxygen atoms in total. The number of nitrogens with zero attached hydrogens (tertiary/aromatic N) is 4. The first-order valence-electron chi connectivity index (χ1n) is 5.76. The highest BCUT2D eigenvalue weighted by Crippen LogP contribution is 2.16. The fraction of sp³-hybridized carbons (Fsp3) is 0.231.